The maximum absolute atomic E-state index is 5.50. The lowest BCUT2D eigenvalue weighted by Crippen LogP contribution is -2.53. The van der Waals surface area contributed by atoms with E-state index in [0.29, 0.717) is 6.04 Å². The van der Waals surface area contributed by atoms with E-state index in [1.165, 1.54) is 0 Å². The first-order chi connectivity index (χ1) is 8.26. The minimum absolute atomic E-state index is 0.0298. The van der Waals surface area contributed by atoms with Crippen LogP contribution >= 0.6 is 0 Å². The number of hydrogen-bond donors (Lipinski definition) is 2. The smallest absolute Gasteiger partial charge is 0.109 e. The molecule has 2 N–H and O–H groups in total. The van der Waals surface area contributed by atoms with Gasteiger partial charge in [0.25, 0.3) is 0 Å². The van der Waals surface area contributed by atoms with Crippen LogP contribution in [0, 0.1) is 0 Å². The zero-order valence-electron chi connectivity index (χ0n) is 11.4. The Bertz CT molecular complexity index is 190. The van der Waals surface area contributed by atoms with Crippen LogP contribution in [0.15, 0.2) is 0 Å². The van der Waals surface area contributed by atoms with E-state index in [4.69, 9.17) is 14.2 Å². The first-order valence-electron chi connectivity index (χ1n) is 6.29. The third kappa shape index (κ3) is 4.19. The molecular weight excluding hydrogens is 220 g/mol. The molecule has 0 spiro atoms. The predicted octanol–water partition coefficient (Wildman–Crippen LogP) is 0.350. The molecule has 1 aliphatic rings. The highest BCUT2D eigenvalue weighted by Crippen LogP contribution is 2.25. The molecule has 0 radical (unpaired) electrons. The summed E-state index contributed by atoms with van der Waals surface area (Å²) in [5.74, 6) is 0. The molecule has 5 heteroatoms. The maximum Gasteiger partial charge on any atom is 0.109 e. The van der Waals surface area contributed by atoms with Gasteiger partial charge in [0.2, 0.25) is 0 Å². The second-order valence-electron chi connectivity index (χ2n) is 4.40. The third-order valence-corrected chi connectivity index (χ3v) is 3.41. The fourth-order valence-corrected chi connectivity index (χ4v) is 2.44. The fourth-order valence-electron chi connectivity index (χ4n) is 2.44. The van der Waals surface area contributed by atoms with Gasteiger partial charge in [-0.15, -0.1) is 0 Å². The number of rotatable bonds is 7. The Hall–Kier alpha value is -0.200. The predicted molar refractivity (Wildman–Crippen MR) is 67.1 cm³/mol. The van der Waals surface area contributed by atoms with Crippen molar-refractivity contribution in [2.24, 2.45) is 0 Å². The lowest BCUT2D eigenvalue weighted by molar-refractivity contribution is -0.134. The van der Waals surface area contributed by atoms with Crippen LogP contribution in [0.1, 0.15) is 19.8 Å². The number of nitrogens with one attached hydrogen (secondary N) is 2. The average molecular weight is 246 g/mol. The lowest BCUT2D eigenvalue weighted by atomic mass is 9.87. The van der Waals surface area contributed by atoms with Crippen LogP contribution in [-0.4, -0.2) is 58.9 Å². The second-order valence-corrected chi connectivity index (χ2v) is 4.40. The van der Waals surface area contributed by atoms with Gasteiger partial charge in [0, 0.05) is 34.0 Å². The molecule has 1 fully saturated rings. The summed E-state index contributed by atoms with van der Waals surface area (Å²) in [4.78, 5) is 0. The van der Waals surface area contributed by atoms with E-state index < -0.39 is 0 Å². The van der Waals surface area contributed by atoms with Crippen molar-refractivity contribution in [3.8, 4) is 0 Å². The molecule has 0 aromatic carbocycles. The van der Waals surface area contributed by atoms with Gasteiger partial charge >= 0.3 is 0 Å². The third-order valence-electron chi connectivity index (χ3n) is 3.41. The van der Waals surface area contributed by atoms with Gasteiger partial charge in [-0.3, -0.25) is 0 Å². The maximum atomic E-state index is 5.50. The molecular formula is C12H26N2O3. The molecule has 102 valence electrons. The van der Waals surface area contributed by atoms with Crippen molar-refractivity contribution >= 4 is 0 Å². The molecule has 0 amide bonds. The van der Waals surface area contributed by atoms with Crippen LogP contribution in [0.25, 0.3) is 0 Å². The molecule has 2 unspecified atom stereocenters. The van der Waals surface area contributed by atoms with E-state index in [1.54, 1.807) is 21.3 Å². The SMILES string of the molecule is CCNCNC1CC(OC)C(OC)C(OC)C1. The molecule has 2 atom stereocenters. The molecule has 17 heavy (non-hydrogen) atoms. The Morgan fingerprint density at radius 1 is 1.00 bits per heavy atom. The molecule has 0 bridgehead atoms. The van der Waals surface area contributed by atoms with E-state index in [9.17, 15) is 0 Å². The van der Waals surface area contributed by atoms with Gasteiger partial charge in [0.1, 0.15) is 6.10 Å². The van der Waals surface area contributed by atoms with Gasteiger partial charge in [-0.2, -0.15) is 0 Å². The van der Waals surface area contributed by atoms with Gasteiger partial charge in [-0.25, -0.2) is 0 Å². The molecule has 1 aliphatic carbocycles. The Morgan fingerprint density at radius 3 is 2.00 bits per heavy atom. The molecule has 0 aromatic rings. The highest BCUT2D eigenvalue weighted by Gasteiger charge is 2.38. The summed E-state index contributed by atoms with van der Waals surface area (Å²) in [6.45, 7) is 3.90. The minimum atomic E-state index is 0.0298. The zero-order valence-corrected chi connectivity index (χ0v) is 11.4. The van der Waals surface area contributed by atoms with Crippen LogP contribution in [-0.2, 0) is 14.2 Å². The summed E-state index contributed by atoms with van der Waals surface area (Å²) >= 11 is 0. The molecule has 0 saturated heterocycles. The molecule has 5 nitrogen and oxygen atoms in total. The number of hydrogen-bond acceptors (Lipinski definition) is 5. The van der Waals surface area contributed by atoms with E-state index in [2.05, 4.69) is 17.6 Å². The van der Waals surface area contributed by atoms with Crippen LogP contribution in [0.4, 0.5) is 0 Å². The lowest BCUT2D eigenvalue weighted by Gasteiger charge is -2.39. The first-order valence-corrected chi connectivity index (χ1v) is 6.29. The van der Waals surface area contributed by atoms with Gasteiger partial charge < -0.3 is 24.8 Å². The van der Waals surface area contributed by atoms with Crippen molar-refractivity contribution in [2.75, 3.05) is 34.5 Å². The first kappa shape index (κ1) is 14.9. The summed E-state index contributed by atoms with van der Waals surface area (Å²) in [7, 11) is 5.18. The van der Waals surface area contributed by atoms with Crippen molar-refractivity contribution in [3.63, 3.8) is 0 Å². The summed E-state index contributed by atoms with van der Waals surface area (Å²) in [5.41, 5.74) is 0. The fraction of sp³-hybridized carbons (Fsp3) is 1.00. The quantitative estimate of drug-likeness (QED) is 0.501. The van der Waals surface area contributed by atoms with Crippen LogP contribution in [0.2, 0.25) is 0 Å². The van der Waals surface area contributed by atoms with Crippen LogP contribution < -0.4 is 10.6 Å². The zero-order chi connectivity index (χ0) is 12.7. The van der Waals surface area contributed by atoms with Gasteiger partial charge in [-0.1, -0.05) is 6.92 Å². The van der Waals surface area contributed by atoms with E-state index in [1.807, 2.05) is 0 Å². The van der Waals surface area contributed by atoms with Gasteiger partial charge in [0.15, 0.2) is 0 Å². The van der Waals surface area contributed by atoms with Crippen molar-refractivity contribution in [3.05, 3.63) is 0 Å². The van der Waals surface area contributed by atoms with Gasteiger partial charge in [0.05, 0.1) is 12.2 Å². The summed E-state index contributed by atoms with van der Waals surface area (Å²) < 4.78 is 16.5. The van der Waals surface area contributed by atoms with Crippen molar-refractivity contribution < 1.29 is 14.2 Å². The normalized spacial score (nSPS) is 33.9. The Morgan fingerprint density at radius 2 is 1.59 bits per heavy atom. The Balaban J connectivity index is 2.48. The second kappa shape index (κ2) is 8.00. The minimum Gasteiger partial charge on any atom is -0.379 e. The Kier molecular flexibility index (Phi) is 6.99. The van der Waals surface area contributed by atoms with Crippen molar-refractivity contribution in [1.82, 2.24) is 10.6 Å². The molecule has 0 heterocycles. The van der Waals surface area contributed by atoms with E-state index in [0.717, 1.165) is 26.1 Å². The molecule has 1 saturated carbocycles. The van der Waals surface area contributed by atoms with E-state index >= 15 is 0 Å². The Labute approximate surface area is 104 Å². The van der Waals surface area contributed by atoms with Gasteiger partial charge in [-0.05, 0) is 19.4 Å². The molecule has 0 aliphatic heterocycles. The average Bonchev–Trinajstić information content (AvgIpc) is 2.37. The van der Waals surface area contributed by atoms with Crippen molar-refractivity contribution in [1.29, 1.82) is 0 Å². The number of methoxy groups -OCH3 is 3. The van der Waals surface area contributed by atoms with Crippen LogP contribution in [0.5, 0.6) is 0 Å². The summed E-state index contributed by atoms with van der Waals surface area (Å²) in [5, 5.41) is 6.73. The van der Waals surface area contributed by atoms with Crippen molar-refractivity contribution in [2.45, 2.75) is 44.1 Å². The summed E-state index contributed by atoms with van der Waals surface area (Å²) in [6.07, 6.45) is 2.14. The van der Waals surface area contributed by atoms with Crippen LogP contribution in [0.3, 0.4) is 0 Å². The number of ether oxygens (including phenoxy) is 3. The standard InChI is InChI=1S/C12H26N2O3/c1-5-13-8-14-9-6-10(15-2)12(17-4)11(7-9)16-3/h9-14H,5-8H2,1-4H3. The largest absolute Gasteiger partial charge is 0.379 e. The molecule has 0 aromatic heterocycles. The monoisotopic (exact) mass is 246 g/mol. The summed E-state index contributed by atoms with van der Waals surface area (Å²) in [6, 6.07) is 0.412. The molecule has 1 rings (SSSR count). The van der Waals surface area contributed by atoms with E-state index in [-0.39, 0.29) is 18.3 Å². The topological polar surface area (TPSA) is 51.8 Å². The highest BCUT2D eigenvalue weighted by atomic mass is 16.6. The highest BCUT2D eigenvalue weighted by molar-refractivity contribution is 4.91.